The second kappa shape index (κ2) is 10.1. The molecule has 2 aliphatic rings. The zero-order valence-electron chi connectivity index (χ0n) is 18.8. The SMILES string of the molecule is O=c1ccc2ccc(OCCCCN3CCN(c4cccc5c4OCCCO5)CC3)nc2[nH]1. The molecule has 0 radical (unpaired) electrons. The second-order valence-electron chi connectivity index (χ2n) is 8.45. The highest BCUT2D eigenvalue weighted by Crippen LogP contribution is 2.39. The fourth-order valence-corrected chi connectivity index (χ4v) is 4.34. The number of H-pyrrole nitrogens is 1. The quantitative estimate of drug-likeness (QED) is 0.554. The minimum atomic E-state index is -0.157. The summed E-state index contributed by atoms with van der Waals surface area (Å²) in [6, 6.07) is 13.2. The highest BCUT2D eigenvalue weighted by Gasteiger charge is 2.22. The topological polar surface area (TPSA) is 79.9 Å². The average molecular weight is 451 g/mol. The van der Waals surface area contributed by atoms with Crippen LogP contribution in [-0.4, -0.2) is 67.4 Å². The third kappa shape index (κ3) is 5.22. The average Bonchev–Trinajstić information content (AvgIpc) is 3.10. The Morgan fingerprint density at radius 2 is 1.82 bits per heavy atom. The van der Waals surface area contributed by atoms with Gasteiger partial charge in [0, 0.05) is 50.1 Å². The van der Waals surface area contributed by atoms with Gasteiger partial charge in [0.25, 0.3) is 0 Å². The Morgan fingerprint density at radius 1 is 0.970 bits per heavy atom. The van der Waals surface area contributed by atoms with Gasteiger partial charge in [-0.3, -0.25) is 9.69 Å². The molecule has 0 unspecified atom stereocenters. The zero-order chi connectivity index (χ0) is 22.5. The minimum Gasteiger partial charge on any atom is -0.489 e. The van der Waals surface area contributed by atoms with E-state index >= 15 is 0 Å². The van der Waals surface area contributed by atoms with Crippen LogP contribution < -0.4 is 24.7 Å². The van der Waals surface area contributed by atoms with Gasteiger partial charge in [0.05, 0.1) is 25.5 Å². The molecule has 8 nitrogen and oxygen atoms in total. The molecule has 3 aromatic rings. The highest BCUT2D eigenvalue weighted by molar-refractivity contribution is 5.74. The monoisotopic (exact) mass is 450 g/mol. The van der Waals surface area contributed by atoms with E-state index in [2.05, 4.69) is 31.9 Å². The number of nitrogens with zero attached hydrogens (tertiary/aromatic N) is 3. The van der Waals surface area contributed by atoms with Crippen molar-refractivity contribution in [3.63, 3.8) is 0 Å². The summed E-state index contributed by atoms with van der Waals surface area (Å²) in [5.41, 5.74) is 1.55. The van der Waals surface area contributed by atoms with Crippen molar-refractivity contribution in [2.24, 2.45) is 0 Å². The van der Waals surface area contributed by atoms with Crippen molar-refractivity contribution in [1.82, 2.24) is 14.9 Å². The first-order valence-corrected chi connectivity index (χ1v) is 11.7. The van der Waals surface area contributed by atoms with Crippen molar-refractivity contribution in [3.8, 4) is 17.4 Å². The normalized spacial score (nSPS) is 16.5. The third-order valence-electron chi connectivity index (χ3n) is 6.14. The van der Waals surface area contributed by atoms with Crippen LogP contribution in [0, 0.1) is 0 Å². The van der Waals surface area contributed by atoms with E-state index in [0.29, 0.717) is 31.3 Å². The van der Waals surface area contributed by atoms with Crippen LogP contribution in [0.2, 0.25) is 0 Å². The summed E-state index contributed by atoms with van der Waals surface area (Å²) in [5.74, 6) is 2.30. The van der Waals surface area contributed by atoms with E-state index in [1.54, 1.807) is 6.07 Å². The fourth-order valence-electron chi connectivity index (χ4n) is 4.34. The molecular weight excluding hydrogens is 420 g/mol. The van der Waals surface area contributed by atoms with Crippen molar-refractivity contribution >= 4 is 16.7 Å². The number of piperazine rings is 1. The van der Waals surface area contributed by atoms with Gasteiger partial charge in [0.15, 0.2) is 11.5 Å². The lowest BCUT2D eigenvalue weighted by molar-refractivity contribution is 0.236. The molecular formula is C25H30N4O4. The standard InChI is InChI=1S/C25H30N4O4/c30-22-9-7-19-8-10-23(27-25(19)26-22)32-16-2-1-11-28-12-14-29(15-13-28)20-5-3-6-21-24(20)33-18-4-17-31-21/h3,5-10H,1-2,4,11-18H2,(H,26,27,30). The van der Waals surface area contributed by atoms with Crippen molar-refractivity contribution in [2.45, 2.75) is 19.3 Å². The van der Waals surface area contributed by atoms with Crippen LogP contribution >= 0.6 is 0 Å². The maximum absolute atomic E-state index is 11.5. The van der Waals surface area contributed by atoms with E-state index in [1.807, 2.05) is 18.2 Å². The number of anilines is 1. The Bertz CT molecular complexity index is 1140. The van der Waals surface area contributed by atoms with Crippen LogP contribution in [0.15, 0.2) is 47.3 Å². The molecule has 2 aliphatic heterocycles. The summed E-state index contributed by atoms with van der Waals surface area (Å²) < 4.78 is 17.6. The van der Waals surface area contributed by atoms with E-state index in [9.17, 15) is 4.79 Å². The van der Waals surface area contributed by atoms with Crippen molar-refractivity contribution in [3.05, 3.63) is 52.8 Å². The molecule has 174 valence electrons. The van der Waals surface area contributed by atoms with Crippen LogP contribution in [0.1, 0.15) is 19.3 Å². The molecule has 2 aromatic heterocycles. The molecule has 1 fully saturated rings. The van der Waals surface area contributed by atoms with E-state index in [4.69, 9.17) is 14.2 Å². The van der Waals surface area contributed by atoms with Crippen LogP contribution in [0.3, 0.4) is 0 Å². The number of aromatic nitrogens is 2. The van der Waals surface area contributed by atoms with Gasteiger partial charge in [-0.15, -0.1) is 0 Å². The largest absolute Gasteiger partial charge is 0.489 e. The number of unbranched alkanes of at least 4 members (excludes halogenated alkanes) is 1. The zero-order valence-corrected chi connectivity index (χ0v) is 18.8. The highest BCUT2D eigenvalue weighted by atomic mass is 16.5. The van der Waals surface area contributed by atoms with Crippen LogP contribution in [0.5, 0.6) is 17.4 Å². The van der Waals surface area contributed by atoms with E-state index in [1.165, 1.54) is 6.07 Å². The number of pyridine rings is 2. The maximum Gasteiger partial charge on any atom is 0.249 e. The fraction of sp³-hybridized carbons (Fsp3) is 0.440. The molecule has 0 amide bonds. The van der Waals surface area contributed by atoms with Gasteiger partial charge >= 0.3 is 0 Å². The smallest absolute Gasteiger partial charge is 0.249 e. The Hall–Kier alpha value is -3.26. The number of rotatable bonds is 7. The summed E-state index contributed by atoms with van der Waals surface area (Å²) in [5, 5.41) is 0.895. The number of fused-ring (bicyclic) bond motifs is 2. The first kappa shape index (κ1) is 21.6. The van der Waals surface area contributed by atoms with Gasteiger partial charge in [-0.1, -0.05) is 6.07 Å². The van der Waals surface area contributed by atoms with Gasteiger partial charge in [0.1, 0.15) is 5.65 Å². The number of hydrogen-bond acceptors (Lipinski definition) is 7. The molecule has 0 spiro atoms. The van der Waals surface area contributed by atoms with Gasteiger partial charge in [-0.05, 0) is 43.7 Å². The summed E-state index contributed by atoms with van der Waals surface area (Å²) in [7, 11) is 0. The number of aromatic amines is 1. The predicted molar refractivity (Wildman–Crippen MR) is 128 cm³/mol. The summed E-state index contributed by atoms with van der Waals surface area (Å²) in [4.78, 5) is 23.5. The van der Waals surface area contributed by atoms with Gasteiger partial charge in [0.2, 0.25) is 11.4 Å². The first-order chi connectivity index (χ1) is 16.3. The molecule has 0 aliphatic carbocycles. The van der Waals surface area contributed by atoms with Crippen molar-refractivity contribution < 1.29 is 14.2 Å². The van der Waals surface area contributed by atoms with Crippen molar-refractivity contribution in [1.29, 1.82) is 0 Å². The van der Waals surface area contributed by atoms with E-state index in [0.717, 1.165) is 74.6 Å². The Labute approximate surface area is 193 Å². The number of para-hydroxylation sites is 1. The van der Waals surface area contributed by atoms with Crippen LogP contribution in [-0.2, 0) is 0 Å². The Morgan fingerprint density at radius 3 is 2.73 bits per heavy atom. The molecule has 0 atom stereocenters. The molecule has 5 rings (SSSR count). The number of ether oxygens (including phenoxy) is 3. The van der Waals surface area contributed by atoms with E-state index < -0.39 is 0 Å². The van der Waals surface area contributed by atoms with Gasteiger partial charge in [-0.25, -0.2) is 0 Å². The summed E-state index contributed by atoms with van der Waals surface area (Å²) >= 11 is 0. The van der Waals surface area contributed by atoms with E-state index in [-0.39, 0.29) is 5.56 Å². The predicted octanol–water partition coefficient (Wildman–Crippen LogP) is 3.07. The number of benzene rings is 1. The number of hydrogen-bond donors (Lipinski definition) is 1. The molecule has 4 heterocycles. The second-order valence-corrected chi connectivity index (χ2v) is 8.45. The maximum atomic E-state index is 11.5. The molecule has 0 saturated carbocycles. The molecule has 0 bridgehead atoms. The molecule has 8 heteroatoms. The lowest BCUT2D eigenvalue weighted by Gasteiger charge is -2.36. The van der Waals surface area contributed by atoms with Gasteiger partial charge < -0.3 is 24.1 Å². The first-order valence-electron chi connectivity index (χ1n) is 11.7. The molecule has 1 aromatic carbocycles. The molecule has 1 saturated heterocycles. The Kier molecular flexibility index (Phi) is 6.62. The molecule has 1 N–H and O–H groups in total. The molecule has 33 heavy (non-hydrogen) atoms. The summed E-state index contributed by atoms with van der Waals surface area (Å²) in [6.07, 6.45) is 2.95. The lowest BCUT2D eigenvalue weighted by atomic mass is 10.2. The number of nitrogens with one attached hydrogen (secondary N) is 1. The van der Waals surface area contributed by atoms with Crippen LogP contribution in [0.4, 0.5) is 5.69 Å². The third-order valence-corrected chi connectivity index (χ3v) is 6.14. The Balaban J connectivity index is 1.05. The van der Waals surface area contributed by atoms with Gasteiger partial charge in [-0.2, -0.15) is 4.98 Å². The van der Waals surface area contributed by atoms with Crippen LogP contribution in [0.25, 0.3) is 11.0 Å². The lowest BCUT2D eigenvalue weighted by Crippen LogP contribution is -2.46. The summed E-state index contributed by atoms with van der Waals surface area (Å²) in [6.45, 7) is 7.12. The minimum absolute atomic E-state index is 0.157. The van der Waals surface area contributed by atoms with Crippen molar-refractivity contribution in [2.75, 3.05) is 57.4 Å².